The minimum atomic E-state index is 0.166. The average Bonchev–Trinajstić information content (AvgIpc) is 3.61. The van der Waals surface area contributed by atoms with Gasteiger partial charge in [0.2, 0.25) is 0 Å². The molecule has 0 amide bonds. The molecule has 55 heavy (non-hydrogen) atoms. The van der Waals surface area contributed by atoms with Crippen molar-refractivity contribution in [2.45, 2.75) is 0 Å². The summed E-state index contributed by atoms with van der Waals surface area (Å²) in [7, 11) is 54.5. The van der Waals surface area contributed by atoms with E-state index in [1.54, 1.807) is 0 Å². The number of fused-ring (bicyclic) bond motifs is 8. The summed E-state index contributed by atoms with van der Waals surface area (Å²) in [5, 5.41) is 8.56. The summed E-state index contributed by atoms with van der Waals surface area (Å²) < 4.78 is 6.46. The van der Waals surface area contributed by atoms with Crippen LogP contribution in [0, 0.1) is 0 Å². The molecular weight excluding hydrogens is 655 g/mol. The summed E-state index contributed by atoms with van der Waals surface area (Å²) in [6, 6.07) is 41.1. The third-order valence-electron chi connectivity index (χ3n) is 11.2. The van der Waals surface area contributed by atoms with Gasteiger partial charge in [-0.2, -0.15) is 0 Å². The van der Waals surface area contributed by atoms with Crippen LogP contribution in [-0.2, 0) is 0 Å². The summed E-state index contributed by atoms with van der Waals surface area (Å²) in [6.07, 6.45) is 0. The van der Waals surface area contributed by atoms with E-state index in [1.807, 2.05) is 48.5 Å². The fraction of sp³-hybridized carbons (Fsp3) is 0. The second kappa shape index (κ2) is 12.4. The van der Waals surface area contributed by atoms with E-state index in [-0.39, 0.29) is 43.7 Å². The second-order valence-electron chi connectivity index (χ2n) is 14.2. The Morgan fingerprint density at radius 2 is 0.782 bits per heavy atom. The van der Waals surface area contributed by atoms with Crippen LogP contribution in [0.3, 0.4) is 0 Å². The van der Waals surface area contributed by atoms with Gasteiger partial charge in [0, 0.05) is 16.2 Å². The van der Waals surface area contributed by atoms with E-state index >= 15 is 0 Å². The van der Waals surface area contributed by atoms with Crippen LogP contribution < -0.4 is 43.7 Å². The first kappa shape index (κ1) is 33.9. The SMILES string of the molecule is [B]c1c([B])c([B])c2c(-c3ccc4oc5c6ccccc6ccc5c4c3)c3c([B])c([B])c([B])c([B])c3c(-c3ccc(-c4ccc5ccccc5c4)cc3)c2c1[B]. The van der Waals surface area contributed by atoms with Crippen molar-refractivity contribution in [3.8, 4) is 33.4 Å². The maximum atomic E-state index is 7.00. The summed E-state index contributed by atoms with van der Waals surface area (Å²) >= 11 is 0. The van der Waals surface area contributed by atoms with Crippen LogP contribution in [0.2, 0.25) is 0 Å². The Morgan fingerprint density at radius 3 is 1.40 bits per heavy atom. The van der Waals surface area contributed by atoms with E-state index in [9.17, 15) is 0 Å². The largest absolute Gasteiger partial charge is 0.455 e. The predicted molar refractivity (Wildman–Crippen MR) is 243 cm³/mol. The van der Waals surface area contributed by atoms with Crippen molar-refractivity contribution in [3.63, 3.8) is 0 Å². The van der Waals surface area contributed by atoms with Crippen molar-refractivity contribution in [3.05, 3.63) is 121 Å². The third kappa shape index (κ3) is 4.91. The molecular formula is C46H20B8O. The maximum absolute atomic E-state index is 7.00. The molecule has 0 aliphatic heterocycles. The van der Waals surface area contributed by atoms with Gasteiger partial charge in [-0.05, 0) is 95.3 Å². The van der Waals surface area contributed by atoms with Crippen LogP contribution >= 0.6 is 0 Å². The molecule has 0 unspecified atom stereocenters. The Balaban J connectivity index is 1.31. The Hall–Kier alpha value is -5.66. The molecule has 1 nitrogen and oxygen atoms in total. The zero-order valence-electron chi connectivity index (χ0n) is 29.6. The van der Waals surface area contributed by atoms with Gasteiger partial charge in [-0.15, -0.1) is 21.9 Å². The predicted octanol–water partition coefficient (Wildman–Crippen LogP) is 3.55. The van der Waals surface area contributed by atoms with E-state index in [4.69, 9.17) is 67.2 Å². The van der Waals surface area contributed by atoms with E-state index in [0.717, 1.165) is 60.4 Å². The van der Waals surface area contributed by atoms with Gasteiger partial charge < -0.3 is 4.42 Å². The number of furan rings is 1. The third-order valence-corrected chi connectivity index (χ3v) is 11.2. The lowest BCUT2D eigenvalue weighted by Gasteiger charge is -2.28. The van der Waals surface area contributed by atoms with E-state index in [0.29, 0.717) is 32.7 Å². The Kier molecular flexibility index (Phi) is 7.66. The molecule has 0 atom stereocenters. The van der Waals surface area contributed by atoms with Gasteiger partial charge in [0.15, 0.2) is 0 Å². The Morgan fingerprint density at radius 1 is 0.309 bits per heavy atom. The zero-order valence-corrected chi connectivity index (χ0v) is 29.6. The van der Waals surface area contributed by atoms with Gasteiger partial charge in [-0.1, -0.05) is 119 Å². The van der Waals surface area contributed by atoms with Crippen LogP contribution in [0.25, 0.3) is 98.4 Å². The van der Waals surface area contributed by atoms with E-state index < -0.39 is 0 Å². The fourth-order valence-corrected chi connectivity index (χ4v) is 8.38. The molecule has 9 heteroatoms. The van der Waals surface area contributed by atoms with Crippen molar-refractivity contribution in [1.29, 1.82) is 0 Å². The first-order valence-corrected chi connectivity index (χ1v) is 17.8. The first-order chi connectivity index (χ1) is 26.6. The minimum Gasteiger partial charge on any atom is -0.455 e. The van der Waals surface area contributed by atoms with Crippen molar-refractivity contribution in [1.82, 2.24) is 0 Å². The van der Waals surface area contributed by atoms with Crippen LogP contribution in [0.15, 0.2) is 126 Å². The van der Waals surface area contributed by atoms with Crippen molar-refractivity contribution in [2.24, 2.45) is 0 Å². The molecule has 0 fully saturated rings. The fourth-order valence-electron chi connectivity index (χ4n) is 8.38. The Bertz CT molecular complexity index is 3210. The highest BCUT2D eigenvalue weighted by molar-refractivity contribution is 6.71. The monoisotopic (exact) mass is 676 g/mol. The molecule has 234 valence electrons. The van der Waals surface area contributed by atoms with Gasteiger partial charge in [0.05, 0.1) is 0 Å². The standard InChI is InChI=1S/C46H20B8O/c47-38-34-32(24-12-9-22(10-13-24)26-14-11-21-5-1-2-7-25(21)19-26)35-37(41(50)45(54)43(52)39(35)48)33(36(34)40(49)44(53)42(38)51)27-16-18-31-30(20-27)29-17-15-23-6-3-4-8-28(23)46(29)55-31/h1-20H. The minimum absolute atomic E-state index is 0.166. The molecule has 10 rings (SSSR count). The zero-order chi connectivity index (χ0) is 37.9. The maximum Gasteiger partial charge on any atom is 0.143 e. The number of rotatable bonds is 3. The molecule has 0 bridgehead atoms. The molecule has 0 saturated heterocycles. The normalized spacial score (nSPS) is 11.9. The van der Waals surface area contributed by atoms with Gasteiger partial charge in [0.1, 0.15) is 73.9 Å². The van der Waals surface area contributed by atoms with Crippen LogP contribution in [0.4, 0.5) is 0 Å². The molecule has 9 aromatic carbocycles. The highest BCUT2D eigenvalue weighted by atomic mass is 16.3. The van der Waals surface area contributed by atoms with E-state index in [2.05, 4.69) is 72.8 Å². The van der Waals surface area contributed by atoms with Crippen LogP contribution in [0.5, 0.6) is 0 Å². The smallest absolute Gasteiger partial charge is 0.143 e. The number of hydrogen-bond acceptors (Lipinski definition) is 1. The number of hydrogen-bond donors (Lipinski definition) is 0. The first-order valence-electron chi connectivity index (χ1n) is 17.8. The highest BCUT2D eigenvalue weighted by Crippen LogP contribution is 2.43. The molecule has 0 aliphatic rings. The van der Waals surface area contributed by atoms with Gasteiger partial charge in [-0.25, -0.2) is 0 Å². The lowest BCUT2D eigenvalue weighted by molar-refractivity contribution is 0.672. The number of benzene rings is 9. The molecule has 1 aromatic heterocycles. The summed E-state index contributed by atoms with van der Waals surface area (Å²) in [6.45, 7) is 0. The molecule has 16 radical (unpaired) electrons. The highest BCUT2D eigenvalue weighted by Gasteiger charge is 2.25. The topological polar surface area (TPSA) is 13.1 Å². The van der Waals surface area contributed by atoms with Gasteiger partial charge >= 0.3 is 0 Å². The second-order valence-corrected chi connectivity index (χ2v) is 14.2. The molecule has 0 saturated carbocycles. The van der Waals surface area contributed by atoms with Gasteiger partial charge in [0.25, 0.3) is 0 Å². The van der Waals surface area contributed by atoms with Crippen molar-refractivity contribution < 1.29 is 4.42 Å². The van der Waals surface area contributed by atoms with Crippen molar-refractivity contribution >= 4 is 172 Å². The molecule has 10 aromatic rings. The summed E-state index contributed by atoms with van der Waals surface area (Å²) in [4.78, 5) is 0. The average molecular weight is 675 g/mol. The Labute approximate surface area is 329 Å². The summed E-state index contributed by atoms with van der Waals surface area (Å²) in [5.41, 5.74) is 8.17. The molecule has 0 spiro atoms. The van der Waals surface area contributed by atoms with Crippen LogP contribution in [-0.4, -0.2) is 62.8 Å². The lowest BCUT2D eigenvalue weighted by atomic mass is 9.59. The molecule has 0 aliphatic carbocycles. The van der Waals surface area contributed by atoms with E-state index in [1.165, 1.54) is 5.39 Å². The molecule has 1 heterocycles. The van der Waals surface area contributed by atoms with Gasteiger partial charge in [-0.3, -0.25) is 0 Å². The molecule has 0 N–H and O–H groups in total. The summed E-state index contributed by atoms with van der Waals surface area (Å²) in [5.74, 6) is 0. The lowest BCUT2D eigenvalue weighted by Crippen LogP contribution is -2.50. The van der Waals surface area contributed by atoms with Crippen LogP contribution in [0.1, 0.15) is 0 Å². The quantitative estimate of drug-likeness (QED) is 0.207. The van der Waals surface area contributed by atoms with Crippen molar-refractivity contribution in [2.75, 3.05) is 0 Å².